The van der Waals surface area contributed by atoms with E-state index in [0.29, 0.717) is 17.8 Å². The molecule has 0 radical (unpaired) electrons. The first kappa shape index (κ1) is 21.2. The van der Waals surface area contributed by atoms with E-state index in [-0.39, 0.29) is 11.8 Å². The van der Waals surface area contributed by atoms with Crippen molar-refractivity contribution in [3.63, 3.8) is 0 Å². The first-order valence-corrected chi connectivity index (χ1v) is 10.7. The molecule has 2 N–H and O–H groups in total. The summed E-state index contributed by atoms with van der Waals surface area (Å²) in [6.45, 7) is 4.52. The van der Waals surface area contributed by atoms with Gasteiger partial charge in [-0.2, -0.15) is 0 Å². The van der Waals surface area contributed by atoms with Crippen LogP contribution in [0.2, 0.25) is 0 Å². The molecule has 29 heavy (non-hydrogen) atoms. The smallest absolute Gasteiger partial charge is 0.253 e. The molecule has 0 spiro atoms. The van der Waals surface area contributed by atoms with Gasteiger partial charge < -0.3 is 15.5 Å². The van der Waals surface area contributed by atoms with Crippen LogP contribution < -0.4 is 15.5 Å². The van der Waals surface area contributed by atoms with Gasteiger partial charge in [0.2, 0.25) is 5.91 Å². The van der Waals surface area contributed by atoms with Crippen molar-refractivity contribution in [2.75, 3.05) is 29.9 Å². The number of carbonyl (C=O) groups is 2. The fourth-order valence-electron chi connectivity index (χ4n) is 3.52. The number of halogens is 1. The number of nitrogens with zero attached hydrogens (tertiary/aromatic N) is 1. The lowest BCUT2D eigenvalue weighted by Gasteiger charge is -2.30. The van der Waals surface area contributed by atoms with Gasteiger partial charge in [-0.05, 0) is 49.4 Å². The molecule has 3 rings (SSSR count). The van der Waals surface area contributed by atoms with Crippen LogP contribution in [0.1, 0.15) is 53.9 Å². The maximum absolute atomic E-state index is 12.8. The highest BCUT2D eigenvalue weighted by Crippen LogP contribution is 2.28. The SMILES string of the molecule is CCCNC(=O)c1cc(NC(=O)[C@@H](Cl)c2ccccc2)ccc1N1CCCCC1. The molecule has 5 nitrogen and oxygen atoms in total. The molecule has 2 aromatic rings. The highest BCUT2D eigenvalue weighted by Gasteiger charge is 2.21. The van der Waals surface area contributed by atoms with Crippen molar-refractivity contribution < 1.29 is 9.59 Å². The standard InChI is InChI=1S/C23H28ClN3O2/c1-2-13-25-22(28)19-16-18(11-12-20(19)27-14-7-4-8-15-27)26-23(29)21(24)17-9-5-3-6-10-17/h3,5-6,9-12,16,21H,2,4,7-8,13-15H2,1H3,(H,25,28)(H,26,29)/t21-/m0/s1. The molecular weight excluding hydrogens is 386 g/mol. The maximum atomic E-state index is 12.8. The van der Waals surface area contributed by atoms with Crippen LogP contribution in [0.25, 0.3) is 0 Å². The van der Waals surface area contributed by atoms with Crippen molar-refractivity contribution >= 4 is 34.8 Å². The summed E-state index contributed by atoms with van der Waals surface area (Å²) in [5, 5.41) is 5.01. The number of benzene rings is 2. The number of nitrogens with one attached hydrogen (secondary N) is 2. The van der Waals surface area contributed by atoms with E-state index < -0.39 is 5.38 Å². The van der Waals surface area contributed by atoms with Gasteiger partial charge in [0.25, 0.3) is 5.91 Å². The monoisotopic (exact) mass is 413 g/mol. The van der Waals surface area contributed by atoms with Crippen LogP contribution in [-0.4, -0.2) is 31.4 Å². The highest BCUT2D eigenvalue weighted by atomic mass is 35.5. The molecule has 1 aliphatic heterocycles. The summed E-state index contributed by atoms with van der Waals surface area (Å²) in [6, 6.07) is 14.7. The predicted octanol–water partition coefficient (Wildman–Crippen LogP) is 4.74. The topological polar surface area (TPSA) is 61.4 Å². The zero-order valence-corrected chi connectivity index (χ0v) is 17.5. The fourth-order valence-corrected chi connectivity index (χ4v) is 3.72. The average Bonchev–Trinajstić information content (AvgIpc) is 2.78. The quantitative estimate of drug-likeness (QED) is 0.645. The second kappa shape index (κ2) is 10.3. The van der Waals surface area contributed by atoms with E-state index in [1.165, 1.54) is 6.42 Å². The minimum absolute atomic E-state index is 0.117. The number of amides is 2. The molecule has 154 valence electrons. The van der Waals surface area contributed by atoms with Crippen LogP contribution in [0.15, 0.2) is 48.5 Å². The van der Waals surface area contributed by atoms with Crippen molar-refractivity contribution in [2.24, 2.45) is 0 Å². The Labute approximate surface area is 177 Å². The molecule has 1 aliphatic rings. The molecular formula is C23H28ClN3O2. The number of carbonyl (C=O) groups excluding carboxylic acids is 2. The second-order valence-corrected chi connectivity index (χ2v) is 7.73. The van der Waals surface area contributed by atoms with E-state index in [0.717, 1.165) is 43.6 Å². The summed E-state index contributed by atoms with van der Waals surface area (Å²) in [5.74, 6) is -0.433. The van der Waals surface area contributed by atoms with Gasteiger partial charge in [-0.1, -0.05) is 37.3 Å². The molecule has 6 heteroatoms. The summed E-state index contributed by atoms with van der Waals surface area (Å²) < 4.78 is 0. The minimum atomic E-state index is -0.796. The molecule has 1 saturated heterocycles. The summed E-state index contributed by atoms with van der Waals surface area (Å²) in [7, 11) is 0. The number of piperidine rings is 1. The third-order valence-corrected chi connectivity index (χ3v) is 5.51. The minimum Gasteiger partial charge on any atom is -0.371 e. The summed E-state index contributed by atoms with van der Waals surface area (Å²) >= 11 is 6.33. The van der Waals surface area contributed by atoms with Crippen molar-refractivity contribution in [3.05, 3.63) is 59.7 Å². The maximum Gasteiger partial charge on any atom is 0.253 e. The normalized spacial score (nSPS) is 14.9. The molecule has 0 unspecified atom stereocenters. The number of anilines is 2. The number of alkyl halides is 1. The van der Waals surface area contributed by atoms with Gasteiger partial charge in [-0.15, -0.1) is 11.6 Å². The molecule has 1 fully saturated rings. The molecule has 2 aromatic carbocycles. The Morgan fingerprint density at radius 2 is 1.79 bits per heavy atom. The Morgan fingerprint density at radius 1 is 1.07 bits per heavy atom. The lowest BCUT2D eigenvalue weighted by molar-refractivity contribution is -0.116. The van der Waals surface area contributed by atoms with Gasteiger partial charge in [-0.25, -0.2) is 0 Å². The highest BCUT2D eigenvalue weighted by molar-refractivity contribution is 6.32. The Balaban J connectivity index is 1.81. The fraction of sp³-hybridized carbons (Fsp3) is 0.391. The number of hydrogen-bond acceptors (Lipinski definition) is 3. The first-order valence-electron chi connectivity index (χ1n) is 10.3. The molecule has 1 atom stereocenters. The predicted molar refractivity (Wildman–Crippen MR) is 119 cm³/mol. The zero-order valence-electron chi connectivity index (χ0n) is 16.8. The Bertz CT molecular complexity index is 835. The van der Waals surface area contributed by atoms with Gasteiger partial charge in [0, 0.05) is 31.0 Å². The zero-order chi connectivity index (χ0) is 20.6. The van der Waals surface area contributed by atoms with Gasteiger partial charge in [0.15, 0.2) is 0 Å². The van der Waals surface area contributed by atoms with Crippen molar-refractivity contribution in [2.45, 2.75) is 38.0 Å². The van der Waals surface area contributed by atoms with Crippen molar-refractivity contribution in [1.82, 2.24) is 5.32 Å². The van der Waals surface area contributed by atoms with Gasteiger partial charge in [-0.3, -0.25) is 9.59 Å². The summed E-state index contributed by atoms with van der Waals surface area (Å²) in [5.41, 5.74) is 2.81. The van der Waals surface area contributed by atoms with E-state index in [4.69, 9.17) is 11.6 Å². The Morgan fingerprint density at radius 3 is 2.48 bits per heavy atom. The second-order valence-electron chi connectivity index (χ2n) is 7.30. The molecule has 1 heterocycles. The average molecular weight is 414 g/mol. The van der Waals surface area contributed by atoms with Gasteiger partial charge in [0.05, 0.1) is 5.56 Å². The van der Waals surface area contributed by atoms with E-state index in [1.54, 1.807) is 6.07 Å². The lowest BCUT2D eigenvalue weighted by atomic mass is 10.1. The Hall–Kier alpha value is -2.53. The van der Waals surface area contributed by atoms with E-state index >= 15 is 0 Å². The summed E-state index contributed by atoms with van der Waals surface area (Å²) in [4.78, 5) is 27.6. The van der Waals surface area contributed by atoms with E-state index in [9.17, 15) is 9.59 Å². The summed E-state index contributed by atoms with van der Waals surface area (Å²) in [6.07, 6.45) is 4.34. The third kappa shape index (κ3) is 5.51. The number of rotatable bonds is 7. The van der Waals surface area contributed by atoms with Crippen LogP contribution in [0.4, 0.5) is 11.4 Å². The molecule has 0 aliphatic carbocycles. The van der Waals surface area contributed by atoms with Gasteiger partial charge in [0.1, 0.15) is 5.38 Å². The molecule has 0 aromatic heterocycles. The largest absolute Gasteiger partial charge is 0.371 e. The first-order chi connectivity index (χ1) is 14.1. The molecule has 2 amide bonds. The van der Waals surface area contributed by atoms with Crippen LogP contribution in [0, 0.1) is 0 Å². The van der Waals surface area contributed by atoms with Crippen LogP contribution >= 0.6 is 11.6 Å². The lowest BCUT2D eigenvalue weighted by Crippen LogP contribution is -2.33. The van der Waals surface area contributed by atoms with Gasteiger partial charge >= 0.3 is 0 Å². The molecule has 0 saturated carbocycles. The van der Waals surface area contributed by atoms with Crippen LogP contribution in [0.5, 0.6) is 0 Å². The van der Waals surface area contributed by atoms with Crippen molar-refractivity contribution in [1.29, 1.82) is 0 Å². The Kier molecular flexibility index (Phi) is 7.53. The van der Waals surface area contributed by atoms with Crippen molar-refractivity contribution in [3.8, 4) is 0 Å². The van der Waals surface area contributed by atoms with Crippen LogP contribution in [-0.2, 0) is 4.79 Å². The van der Waals surface area contributed by atoms with E-state index in [1.807, 2.05) is 49.4 Å². The van der Waals surface area contributed by atoms with E-state index in [2.05, 4.69) is 15.5 Å². The molecule has 0 bridgehead atoms. The van der Waals surface area contributed by atoms with Crippen LogP contribution in [0.3, 0.4) is 0 Å². The number of hydrogen-bond donors (Lipinski definition) is 2. The third-order valence-electron chi connectivity index (χ3n) is 5.06.